The van der Waals surface area contributed by atoms with Crippen LogP contribution >= 0.6 is 0 Å². The number of nitrogens with one attached hydrogen (secondary N) is 1. The molecule has 0 aliphatic rings. The van der Waals surface area contributed by atoms with E-state index in [1.807, 2.05) is 18.2 Å². The molecule has 0 aliphatic carbocycles. The second-order valence-electron chi connectivity index (χ2n) is 12.3. The van der Waals surface area contributed by atoms with E-state index in [4.69, 9.17) is 0 Å². The van der Waals surface area contributed by atoms with Crippen molar-refractivity contribution >= 4 is 5.91 Å². The summed E-state index contributed by atoms with van der Waals surface area (Å²) in [5.41, 5.74) is 0. The molecule has 0 radical (unpaired) electrons. The van der Waals surface area contributed by atoms with E-state index in [9.17, 15) is 15.0 Å². The number of carbonyl (C=O) groups is 1. The molecule has 0 aromatic rings. The smallest absolute Gasteiger partial charge is 0.224 e. The van der Waals surface area contributed by atoms with Crippen LogP contribution < -0.4 is 5.32 Å². The first kappa shape index (κ1) is 44.3. The Morgan fingerprint density at radius 2 is 0.957 bits per heavy atom. The second kappa shape index (κ2) is 37.8. The van der Waals surface area contributed by atoms with Crippen LogP contribution in [0.5, 0.6) is 0 Å². The third-order valence-corrected chi connectivity index (χ3v) is 7.81. The van der Waals surface area contributed by atoms with Crippen LogP contribution in [0, 0.1) is 0 Å². The van der Waals surface area contributed by atoms with Crippen molar-refractivity contribution in [2.45, 2.75) is 161 Å². The molecule has 47 heavy (non-hydrogen) atoms. The molecule has 0 aliphatic heterocycles. The Kier molecular flexibility index (Phi) is 35.6. The van der Waals surface area contributed by atoms with E-state index in [1.165, 1.54) is 70.6 Å². The lowest BCUT2D eigenvalue weighted by Gasteiger charge is -2.19. The molecule has 4 nitrogen and oxygen atoms in total. The van der Waals surface area contributed by atoms with Crippen molar-refractivity contribution in [3.8, 4) is 0 Å². The first-order valence-electron chi connectivity index (χ1n) is 19.0. The third kappa shape index (κ3) is 34.5. The first-order valence-corrected chi connectivity index (χ1v) is 19.0. The van der Waals surface area contributed by atoms with Crippen molar-refractivity contribution in [3.63, 3.8) is 0 Å². The molecule has 0 saturated carbocycles. The molecule has 3 N–H and O–H groups in total. The van der Waals surface area contributed by atoms with Crippen LogP contribution in [0.4, 0.5) is 0 Å². The molecule has 4 heteroatoms. The average molecular weight is 650 g/mol. The van der Waals surface area contributed by atoms with E-state index in [1.54, 1.807) is 6.08 Å². The minimum absolute atomic E-state index is 0.210. The number of aliphatic hydroxyl groups is 2. The minimum Gasteiger partial charge on any atom is -0.394 e. The summed E-state index contributed by atoms with van der Waals surface area (Å²) in [5.74, 6) is -0.210. The number of unbranched alkanes of at least 4 members (excludes halogenated alkanes) is 12. The quantitative estimate of drug-likeness (QED) is 0.0502. The molecule has 0 heterocycles. The van der Waals surface area contributed by atoms with Gasteiger partial charge in [-0.2, -0.15) is 0 Å². The maximum Gasteiger partial charge on any atom is 0.224 e. The highest BCUT2D eigenvalue weighted by atomic mass is 16.3. The highest BCUT2D eigenvalue weighted by Gasteiger charge is 2.17. The number of hydrogen-bond acceptors (Lipinski definition) is 3. The molecule has 0 saturated heterocycles. The van der Waals surface area contributed by atoms with Crippen LogP contribution in [-0.4, -0.2) is 34.9 Å². The van der Waals surface area contributed by atoms with Gasteiger partial charge in [0.2, 0.25) is 5.91 Å². The van der Waals surface area contributed by atoms with E-state index in [-0.39, 0.29) is 18.9 Å². The first-order chi connectivity index (χ1) is 23.2. The van der Waals surface area contributed by atoms with Gasteiger partial charge in [0.05, 0.1) is 18.8 Å². The van der Waals surface area contributed by atoms with Crippen molar-refractivity contribution in [1.29, 1.82) is 0 Å². The molecule has 0 rings (SSSR count). The summed E-state index contributed by atoms with van der Waals surface area (Å²) < 4.78 is 0. The fraction of sp³-hybridized carbons (Fsp3) is 0.605. The van der Waals surface area contributed by atoms with Gasteiger partial charge in [0.15, 0.2) is 0 Å². The predicted octanol–water partition coefficient (Wildman–Crippen LogP) is 11.5. The van der Waals surface area contributed by atoms with Gasteiger partial charge in [-0.3, -0.25) is 4.79 Å². The molecular weight excluding hydrogens is 578 g/mol. The molecule has 1 amide bonds. The number of hydrogen-bond donors (Lipinski definition) is 3. The van der Waals surface area contributed by atoms with Crippen molar-refractivity contribution in [1.82, 2.24) is 5.32 Å². The zero-order chi connectivity index (χ0) is 34.3. The molecule has 0 aromatic carbocycles. The maximum atomic E-state index is 12.2. The van der Waals surface area contributed by atoms with Gasteiger partial charge >= 0.3 is 0 Å². The Labute approximate surface area is 290 Å². The van der Waals surface area contributed by atoms with Crippen LogP contribution in [0.3, 0.4) is 0 Å². The Morgan fingerprint density at radius 3 is 1.45 bits per heavy atom. The van der Waals surface area contributed by atoms with Gasteiger partial charge in [0.1, 0.15) is 0 Å². The Morgan fingerprint density at radius 1 is 0.532 bits per heavy atom. The van der Waals surface area contributed by atoms with E-state index >= 15 is 0 Å². The van der Waals surface area contributed by atoms with Gasteiger partial charge in [0.25, 0.3) is 0 Å². The number of allylic oxidation sites excluding steroid dienone is 14. The predicted molar refractivity (Wildman–Crippen MR) is 206 cm³/mol. The van der Waals surface area contributed by atoms with Crippen molar-refractivity contribution in [3.05, 3.63) is 97.2 Å². The van der Waals surface area contributed by atoms with Crippen molar-refractivity contribution < 1.29 is 15.0 Å². The van der Waals surface area contributed by atoms with Gasteiger partial charge in [-0.05, 0) is 70.6 Å². The van der Waals surface area contributed by atoms with Gasteiger partial charge in [-0.1, -0.05) is 169 Å². The van der Waals surface area contributed by atoms with Crippen LogP contribution in [0.2, 0.25) is 0 Å². The molecule has 0 spiro atoms. The standard InChI is InChI=1S/C43H71NO3/c1-3-5-7-9-11-13-15-17-19-20-21-22-23-25-26-28-30-32-34-36-38-42(46)41(40-45)44-43(47)39-37-35-33-31-29-27-24-18-16-14-12-10-8-6-4-2/h6,8,12,14,18,22-24,28-31,35-38,41-42,45-46H,3-5,7,9-11,13,15-17,19-21,25-27,32-34,39-40H2,1-2H3,(H,44,47)/b8-6-,14-12-,23-22+,24-18-,30-28+,31-29-,37-35-,38-36+. The largest absolute Gasteiger partial charge is 0.394 e. The zero-order valence-electron chi connectivity index (χ0n) is 30.3. The average Bonchev–Trinajstić information content (AvgIpc) is 3.07. The molecule has 0 bridgehead atoms. The lowest BCUT2D eigenvalue weighted by Crippen LogP contribution is -2.44. The van der Waals surface area contributed by atoms with E-state index in [2.05, 4.69) is 92.1 Å². The normalized spacial score (nSPS) is 14.2. The molecule has 2 atom stereocenters. The molecule has 266 valence electrons. The molecule has 0 fully saturated rings. The van der Waals surface area contributed by atoms with Gasteiger partial charge in [-0.15, -0.1) is 0 Å². The monoisotopic (exact) mass is 650 g/mol. The number of rotatable bonds is 32. The number of carbonyl (C=O) groups excluding carboxylic acids is 1. The summed E-state index contributed by atoms with van der Waals surface area (Å²) in [4.78, 5) is 12.2. The highest BCUT2D eigenvalue weighted by molar-refractivity contribution is 5.77. The van der Waals surface area contributed by atoms with Crippen LogP contribution in [0.1, 0.15) is 149 Å². The Hall–Kier alpha value is -2.69. The van der Waals surface area contributed by atoms with Crippen molar-refractivity contribution in [2.75, 3.05) is 6.61 Å². The van der Waals surface area contributed by atoms with Crippen molar-refractivity contribution in [2.24, 2.45) is 0 Å². The van der Waals surface area contributed by atoms with E-state index < -0.39 is 12.1 Å². The van der Waals surface area contributed by atoms with Gasteiger partial charge < -0.3 is 15.5 Å². The second-order valence-corrected chi connectivity index (χ2v) is 12.3. The minimum atomic E-state index is -0.915. The Bertz CT molecular complexity index is 921. The fourth-order valence-electron chi connectivity index (χ4n) is 4.92. The van der Waals surface area contributed by atoms with E-state index in [0.717, 1.165) is 57.8 Å². The number of aliphatic hydroxyl groups excluding tert-OH is 2. The van der Waals surface area contributed by atoms with Crippen LogP contribution in [-0.2, 0) is 4.79 Å². The highest BCUT2D eigenvalue weighted by Crippen LogP contribution is 2.11. The molecule has 2 unspecified atom stereocenters. The zero-order valence-corrected chi connectivity index (χ0v) is 30.3. The SMILES string of the molecule is CC/C=C\C/C=C\C/C=C\C/C=C\C/C=C\CC(=O)NC(CO)C(O)/C=C/CC/C=C/CC/C=C/CCCCCCCCCCCC. The molecular formula is C43H71NO3. The Balaban J connectivity index is 3.86. The summed E-state index contributed by atoms with van der Waals surface area (Å²) in [7, 11) is 0. The molecule has 0 aromatic heterocycles. The summed E-state index contributed by atoms with van der Waals surface area (Å²) in [6, 6.07) is -0.705. The summed E-state index contributed by atoms with van der Waals surface area (Å²) in [6.45, 7) is 4.11. The summed E-state index contributed by atoms with van der Waals surface area (Å²) in [6.07, 6.45) is 56.6. The third-order valence-electron chi connectivity index (χ3n) is 7.81. The maximum absolute atomic E-state index is 12.2. The summed E-state index contributed by atoms with van der Waals surface area (Å²) >= 11 is 0. The van der Waals surface area contributed by atoms with Gasteiger partial charge in [0, 0.05) is 6.42 Å². The fourth-order valence-corrected chi connectivity index (χ4v) is 4.92. The van der Waals surface area contributed by atoms with Crippen LogP contribution in [0.25, 0.3) is 0 Å². The van der Waals surface area contributed by atoms with Crippen LogP contribution in [0.15, 0.2) is 97.2 Å². The van der Waals surface area contributed by atoms with E-state index in [0.29, 0.717) is 0 Å². The topological polar surface area (TPSA) is 69.6 Å². The van der Waals surface area contributed by atoms with Gasteiger partial charge in [-0.25, -0.2) is 0 Å². The number of amides is 1. The summed E-state index contributed by atoms with van der Waals surface area (Å²) in [5, 5.41) is 22.8. The lowest BCUT2D eigenvalue weighted by molar-refractivity contribution is -0.122. The lowest BCUT2D eigenvalue weighted by atomic mass is 10.1.